The Morgan fingerprint density at radius 2 is 1.88 bits per heavy atom. The first kappa shape index (κ1) is 20.6. The van der Waals surface area contributed by atoms with Crippen molar-refractivity contribution in [3.05, 3.63) is 71.0 Å². The molecule has 0 unspecified atom stereocenters. The maximum Gasteiger partial charge on any atom is 0.263 e. The van der Waals surface area contributed by atoms with Gasteiger partial charge in [-0.15, -0.1) is 0 Å². The molecule has 1 aromatic carbocycles. The van der Waals surface area contributed by atoms with Crippen LogP contribution >= 0.6 is 0 Å². The van der Waals surface area contributed by atoms with E-state index in [1.807, 2.05) is 61.9 Å². The standard InChI is InChI=1S/C25H27N5O2/c1-4-30-15-28-22-20(23(30)31)19(17-6-5-11-27-12-17)21(29(22)3)16-7-9-18(10-8-16)25(26)13-24(2,32)14-25/h5-12,15,32H,4,13-14,26H2,1-3H3. The minimum Gasteiger partial charge on any atom is -0.390 e. The zero-order chi connectivity index (χ0) is 22.7. The quantitative estimate of drug-likeness (QED) is 0.519. The molecule has 0 saturated heterocycles. The van der Waals surface area contributed by atoms with Gasteiger partial charge in [0.2, 0.25) is 0 Å². The van der Waals surface area contributed by atoms with Crippen molar-refractivity contribution in [2.75, 3.05) is 0 Å². The Morgan fingerprint density at radius 3 is 2.47 bits per heavy atom. The highest BCUT2D eigenvalue weighted by Gasteiger charge is 2.49. The normalized spacial score (nSPS) is 22.8. The molecular weight excluding hydrogens is 402 g/mol. The van der Waals surface area contributed by atoms with E-state index in [0.717, 1.165) is 27.9 Å². The molecule has 164 valence electrons. The lowest BCUT2D eigenvalue weighted by Gasteiger charge is -2.49. The highest BCUT2D eigenvalue weighted by atomic mass is 16.3. The zero-order valence-electron chi connectivity index (χ0n) is 18.5. The first-order valence-electron chi connectivity index (χ1n) is 10.8. The van der Waals surface area contributed by atoms with E-state index in [9.17, 15) is 9.90 Å². The third kappa shape index (κ3) is 3.08. The predicted octanol–water partition coefficient (Wildman–Crippen LogP) is 3.18. The summed E-state index contributed by atoms with van der Waals surface area (Å²) in [6.07, 6.45) is 6.18. The van der Waals surface area contributed by atoms with E-state index < -0.39 is 11.1 Å². The molecule has 7 nitrogen and oxygen atoms in total. The summed E-state index contributed by atoms with van der Waals surface area (Å²) >= 11 is 0. The number of fused-ring (bicyclic) bond motifs is 1. The van der Waals surface area contributed by atoms with E-state index in [1.165, 1.54) is 0 Å². The lowest BCUT2D eigenvalue weighted by atomic mass is 9.63. The molecule has 1 saturated carbocycles. The van der Waals surface area contributed by atoms with Crippen molar-refractivity contribution < 1.29 is 5.11 Å². The Kier molecular flexibility index (Phi) is 4.58. The van der Waals surface area contributed by atoms with Gasteiger partial charge in [-0.25, -0.2) is 4.98 Å². The van der Waals surface area contributed by atoms with Gasteiger partial charge in [0.25, 0.3) is 5.56 Å². The van der Waals surface area contributed by atoms with Crippen LogP contribution in [0.2, 0.25) is 0 Å². The van der Waals surface area contributed by atoms with Gasteiger partial charge < -0.3 is 15.4 Å². The minimum atomic E-state index is -0.707. The topological polar surface area (TPSA) is 99.0 Å². The fraction of sp³-hybridized carbons (Fsp3) is 0.320. The molecule has 1 aliphatic rings. The van der Waals surface area contributed by atoms with E-state index in [1.54, 1.807) is 23.3 Å². The third-order valence-electron chi connectivity index (χ3n) is 6.57. The van der Waals surface area contributed by atoms with Crippen molar-refractivity contribution in [3.8, 4) is 22.4 Å². The Balaban J connectivity index is 1.72. The second-order valence-electron chi connectivity index (χ2n) is 9.14. The van der Waals surface area contributed by atoms with Crippen LogP contribution in [0, 0.1) is 0 Å². The van der Waals surface area contributed by atoms with Gasteiger partial charge in [0.05, 0.1) is 23.0 Å². The molecule has 0 amide bonds. The molecule has 3 heterocycles. The second-order valence-corrected chi connectivity index (χ2v) is 9.14. The first-order chi connectivity index (χ1) is 15.2. The van der Waals surface area contributed by atoms with Crippen LogP contribution in [0.5, 0.6) is 0 Å². The van der Waals surface area contributed by atoms with Crippen molar-refractivity contribution in [2.24, 2.45) is 12.8 Å². The van der Waals surface area contributed by atoms with Crippen molar-refractivity contribution >= 4 is 11.0 Å². The highest BCUT2D eigenvalue weighted by molar-refractivity contribution is 6.02. The summed E-state index contributed by atoms with van der Waals surface area (Å²) in [7, 11) is 1.93. The van der Waals surface area contributed by atoms with E-state index in [2.05, 4.69) is 9.97 Å². The lowest BCUT2D eigenvalue weighted by Crippen LogP contribution is -2.58. The van der Waals surface area contributed by atoms with Crippen molar-refractivity contribution in [1.29, 1.82) is 0 Å². The van der Waals surface area contributed by atoms with Gasteiger partial charge in [0.15, 0.2) is 0 Å². The largest absolute Gasteiger partial charge is 0.390 e. The van der Waals surface area contributed by atoms with Crippen LogP contribution in [0.1, 0.15) is 32.3 Å². The third-order valence-corrected chi connectivity index (χ3v) is 6.57. The van der Waals surface area contributed by atoms with Crippen LogP contribution in [-0.2, 0) is 19.1 Å². The fourth-order valence-electron chi connectivity index (χ4n) is 5.17. The van der Waals surface area contributed by atoms with E-state index >= 15 is 0 Å². The molecule has 1 aliphatic carbocycles. The molecular formula is C25H27N5O2. The average Bonchev–Trinajstić information content (AvgIpc) is 3.06. The van der Waals surface area contributed by atoms with Gasteiger partial charge in [0, 0.05) is 42.7 Å². The first-order valence-corrected chi connectivity index (χ1v) is 10.8. The summed E-state index contributed by atoms with van der Waals surface area (Å²) in [6.45, 7) is 4.30. The predicted molar refractivity (Wildman–Crippen MR) is 125 cm³/mol. The summed E-state index contributed by atoms with van der Waals surface area (Å²) < 4.78 is 3.59. The molecule has 3 N–H and O–H groups in total. The van der Waals surface area contributed by atoms with Gasteiger partial charge in [0.1, 0.15) is 5.65 Å². The van der Waals surface area contributed by atoms with E-state index in [4.69, 9.17) is 5.73 Å². The van der Waals surface area contributed by atoms with Gasteiger partial charge in [-0.05, 0) is 43.9 Å². The van der Waals surface area contributed by atoms with Crippen molar-refractivity contribution in [3.63, 3.8) is 0 Å². The molecule has 0 radical (unpaired) electrons. The number of hydrogen-bond donors (Lipinski definition) is 2. The number of rotatable bonds is 4. The number of aryl methyl sites for hydroxylation is 2. The molecule has 32 heavy (non-hydrogen) atoms. The maximum atomic E-state index is 13.3. The van der Waals surface area contributed by atoms with E-state index in [-0.39, 0.29) is 5.56 Å². The molecule has 0 atom stereocenters. The van der Waals surface area contributed by atoms with Crippen molar-refractivity contribution in [1.82, 2.24) is 19.1 Å². The Labute approximate surface area is 186 Å². The van der Waals surface area contributed by atoms with Crippen LogP contribution in [0.4, 0.5) is 0 Å². The summed E-state index contributed by atoms with van der Waals surface area (Å²) in [4.78, 5) is 22.2. The van der Waals surface area contributed by atoms with Crippen LogP contribution in [0.15, 0.2) is 59.9 Å². The minimum absolute atomic E-state index is 0.0626. The molecule has 0 aliphatic heterocycles. The Bertz CT molecular complexity index is 1360. The van der Waals surface area contributed by atoms with Crippen molar-refractivity contribution in [2.45, 2.75) is 44.4 Å². The van der Waals surface area contributed by atoms with E-state index in [0.29, 0.717) is 30.4 Å². The second kappa shape index (κ2) is 7.12. The number of nitrogens with two attached hydrogens (primary N) is 1. The molecule has 0 bridgehead atoms. The number of pyridine rings is 1. The number of aliphatic hydroxyl groups is 1. The van der Waals surface area contributed by atoms with Gasteiger partial charge >= 0.3 is 0 Å². The highest BCUT2D eigenvalue weighted by Crippen LogP contribution is 2.46. The number of aromatic nitrogens is 4. The number of hydrogen-bond acceptors (Lipinski definition) is 5. The number of nitrogens with zero attached hydrogens (tertiary/aromatic N) is 4. The summed E-state index contributed by atoms with van der Waals surface area (Å²) in [5.74, 6) is 0. The molecule has 4 aromatic rings. The Morgan fingerprint density at radius 1 is 1.16 bits per heavy atom. The molecule has 3 aromatic heterocycles. The van der Waals surface area contributed by atoms with Gasteiger partial charge in [-0.1, -0.05) is 30.3 Å². The smallest absolute Gasteiger partial charge is 0.263 e. The van der Waals surface area contributed by atoms with Crippen LogP contribution in [-0.4, -0.2) is 29.8 Å². The summed E-state index contributed by atoms with van der Waals surface area (Å²) in [6, 6.07) is 11.9. The van der Waals surface area contributed by atoms with Gasteiger partial charge in [-0.2, -0.15) is 0 Å². The monoisotopic (exact) mass is 429 g/mol. The summed E-state index contributed by atoms with van der Waals surface area (Å²) in [5, 5.41) is 10.8. The van der Waals surface area contributed by atoms with Crippen LogP contribution in [0.25, 0.3) is 33.4 Å². The number of benzene rings is 1. The fourth-order valence-corrected chi connectivity index (χ4v) is 5.17. The maximum absolute atomic E-state index is 13.3. The SMILES string of the molecule is CCn1cnc2c(c(-c3cccnc3)c(-c3ccc(C4(N)CC(C)(O)C4)cc3)n2C)c1=O. The summed E-state index contributed by atoms with van der Waals surface area (Å²) in [5.41, 5.74) is 10.5. The average molecular weight is 430 g/mol. The molecule has 7 heteroatoms. The lowest BCUT2D eigenvalue weighted by molar-refractivity contribution is -0.0738. The zero-order valence-corrected chi connectivity index (χ0v) is 18.5. The molecule has 0 spiro atoms. The van der Waals surface area contributed by atoms with Gasteiger partial charge in [-0.3, -0.25) is 14.3 Å². The van der Waals surface area contributed by atoms with Crippen LogP contribution in [0.3, 0.4) is 0 Å². The Hall–Kier alpha value is -3.29. The molecule has 1 fully saturated rings. The van der Waals surface area contributed by atoms with Crippen LogP contribution < -0.4 is 11.3 Å². The molecule has 5 rings (SSSR count).